The van der Waals surface area contributed by atoms with Crippen molar-refractivity contribution in [1.82, 2.24) is 5.32 Å². The van der Waals surface area contributed by atoms with E-state index in [0.29, 0.717) is 0 Å². The molecular formula is C6H12ClNO4. The minimum atomic E-state index is -0.976. The maximum Gasteiger partial charge on any atom is 0.407 e. The smallest absolute Gasteiger partial charge is 0.407 e. The van der Waals surface area contributed by atoms with Crippen LogP contribution in [0.2, 0.25) is 0 Å². The Bertz CT molecular complexity index is 144. The molecule has 0 aliphatic carbocycles. The van der Waals surface area contributed by atoms with E-state index >= 15 is 0 Å². The van der Waals surface area contributed by atoms with Gasteiger partial charge >= 0.3 is 6.09 Å². The first kappa shape index (κ1) is 11.5. The molecule has 6 heteroatoms. The molecule has 0 heterocycles. The van der Waals surface area contributed by atoms with Crippen LogP contribution in [0.25, 0.3) is 0 Å². The Morgan fingerprint density at radius 2 is 2.33 bits per heavy atom. The summed E-state index contributed by atoms with van der Waals surface area (Å²) >= 11 is 5.30. The van der Waals surface area contributed by atoms with Crippen LogP contribution in [0, 0.1) is 0 Å². The van der Waals surface area contributed by atoms with Crippen LogP contribution in [-0.2, 0) is 4.74 Å². The number of aliphatic hydroxyl groups excluding tert-OH is 2. The van der Waals surface area contributed by atoms with Crippen molar-refractivity contribution in [3.63, 3.8) is 0 Å². The lowest BCUT2D eigenvalue weighted by Crippen LogP contribution is -2.46. The standard InChI is InChI=1S/C6H12ClNO4/c1-12-6(11)8-4(3-9)5(10)2-7/h4-5,9-10H,2-3H2,1H3,(H,8,11)/t4-,5+/m0/s1. The number of alkyl halides is 1. The molecule has 0 saturated heterocycles. The number of amides is 1. The molecule has 0 bridgehead atoms. The summed E-state index contributed by atoms with van der Waals surface area (Å²) in [6.07, 6.45) is -1.69. The predicted octanol–water partition coefficient (Wildman–Crippen LogP) is -0.697. The van der Waals surface area contributed by atoms with Crippen molar-refractivity contribution in [1.29, 1.82) is 0 Å². The molecule has 12 heavy (non-hydrogen) atoms. The van der Waals surface area contributed by atoms with E-state index in [9.17, 15) is 4.79 Å². The average molecular weight is 198 g/mol. The third-order valence-electron chi connectivity index (χ3n) is 1.31. The molecule has 0 rings (SSSR count). The van der Waals surface area contributed by atoms with Crippen molar-refractivity contribution >= 4 is 17.7 Å². The molecule has 0 radical (unpaired) electrons. The molecule has 2 atom stereocenters. The Hall–Kier alpha value is -0.520. The van der Waals surface area contributed by atoms with E-state index < -0.39 is 18.2 Å². The summed E-state index contributed by atoms with van der Waals surface area (Å²) in [5.41, 5.74) is 0. The molecule has 1 amide bonds. The van der Waals surface area contributed by atoms with Crippen LogP contribution in [0.3, 0.4) is 0 Å². The number of methoxy groups -OCH3 is 1. The SMILES string of the molecule is COC(=O)N[C@@H](CO)[C@H](O)CCl. The Morgan fingerprint density at radius 3 is 2.67 bits per heavy atom. The van der Waals surface area contributed by atoms with Gasteiger partial charge in [-0.2, -0.15) is 0 Å². The number of carbonyl (C=O) groups excluding carboxylic acids is 1. The van der Waals surface area contributed by atoms with Gasteiger partial charge in [0.25, 0.3) is 0 Å². The maximum atomic E-state index is 10.6. The highest BCUT2D eigenvalue weighted by molar-refractivity contribution is 6.18. The fraction of sp³-hybridized carbons (Fsp3) is 0.833. The van der Waals surface area contributed by atoms with E-state index in [0.717, 1.165) is 0 Å². The van der Waals surface area contributed by atoms with Crippen LogP contribution in [-0.4, -0.2) is 48.0 Å². The molecule has 0 aromatic carbocycles. The van der Waals surface area contributed by atoms with Gasteiger partial charge in [0, 0.05) is 0 Å². The molecule has 0 aliphatic rings. The molecule has 0 saturated carbocycles. The van der Waals surface area contributed by atoms with Crippen molar-refractivity contribution in [3.05, 3.63) is 0 Å². The van der Waals surface area contributed by atoms with Crippen LogP contribution in [0.4, 0.5) is 4.79 Å². The van der Waals surface area contributed by atoms with Crippen LogP contribution in [0.1, 0.15) is 0 Å². The largest absolute Gasteiger partial charge is 0.453 e. The van der Waals surface area contributed by atoms with Crippen LogP contribution < -0.4 is 5.32 Å². The summed E-state index contributed by atoms with van der Waals surface area (Å²) < 4.78 is 4.26. The van der Waals surface area contributed by atoms with Crippen molar-refractivity contribution in [3.8, 4) is 0 Å². The molecule has 0 spiro atoms. The van der Waals surface area contributed by atoms with E-state index in [1.165, 1.54) is 7.11 Å². The van der Waals surface area contributed by atoms with Gasteiger partial charge in [0.2, 0.25) is 0 Å². The highest BCUT2D eigenvalue weighted by Crippen LogP contribution is 1.96. The second-order valence-corrected chi connectivity index (χ2v) is 2.46. The van der Waals surface area contributed by atoms with Gasteiger partial charge in [-0.05, 0) is 0 Å². The van der Waals surface area contributed by atoms with Gasteiger partial charge in [-0.1, -0.05) is 0 Å². The van der Waals surface area contributed by atoms with E-state index in [1.807, 2.05) is 0 Å². The number of ether oxygens (including phenoxy) is 1. The summed E-state index contributed by atoms with van der Waals surface area (Å²) in [5.74, 6) is -0.0603. The topological polar surface area (TPSA) is 78.8 Å². The number of alkyl carbamates (subject to hydrolysis) is 1. The fourth-order valence-electron chi connectivity index (χ4n) is 0.581. The molecule has 3 N–H and O–H groups in total. The summed E-state index contributed by atoms with van der Waals surface area (Å²) in [6.45, 7) is -0.386. The molecule has 0 aromatic rings. The normalized spacial score (nSPS) is 15.0. The molecule has 0 aromatic heterocycles. The molecule has 0 fully saturated rings. The van der Waals surface area contributed by atoms with Gasteiger partial charge in [0.1, 0.15) is 0 Å². The van der Waals surface area contributed by atoms with Crippen molar-refractivity contribution in [2.75, 3.05) is 19.6 Å². The Kier molecular flexibility index (Phi) is 5.79. The highest BCUT2D eigenvalue weighted by Gasteiger charge is 2.19. The Labute approximate surface area is 75.3 Å². The zero-order valence-electron chi connectivity index (χ0n) is 6.66. The first-order chi connectivity index (χ1) is 5.65. The van der Waals surface area contributed by atoms with Crippen molar-refractivity contribution in [2.45, 2.75) is 12.1 Å². The van der Waals surface area contributed by atoms with E-state index in [1.54, 1.807) is 0 Å². The van der Waals surface area contributed by atoms with Gasteiger partial charge < -0.3 is 20.3 Å². The first-order valence-electron chi connectivity index (χ1n) is 3.35. The number of hydrogen-bond donors (Lipinski definition) is 3. The zero-order valence-corrected chi connectivity index (χ0v) is 7.41. The molecule has 0 unspecified atom stereocenters. The minimum Gasteiger partial charge on any atom is -0.453 e. The minimum absolute atomic E-state index is 0.0603. The van der Waals surface area contributed by atoms with Crippen molar-refractivity contribution < 1.29 is 19.7 Å². The van der Waals surface area contributed by atoms with Crippen LogP contribution >= 0.6 is 11.6 Å². The number of carbonyl (C=O) groups is 1. The number of nitrogens with one attached hydrogen (secondary N) is 1. The van der Waals surface area contributed by atoms with E-state index in [4.69, 9.17) is 21.8 Å². The Balaban J connectivity index is 3.90. The fourth-order valence-corrected chi connectivity index (χ4v) is 0.796. The van der Waals surface area contributed by atoms with Gasteiger partial charge in [-0.25, -0.2) is 4.79 Å². The highest BCUT2D eigenvalue weighted by atomic mass is 35.5. The van der Waals surface area contributed by atoms with Crippen LogP contribution in [0.15, 0.2) is 0 Å². The third kappa shape index (κ3) is 3.75. The van der Waals surface area contributed by atoms with Crippen LogP contribution in [0.5, 0.6) is 0 Å². The van der Waals surface area contributed by atoms with Crippen molar-refractivity contribution in [2.24, 2.45) is 0 Å². The lowest BCUT2D eigenvalue weighted by atomic mass is 10.2. The van der Waals surface area contributed by atoms with E-state index in [2.05, 4.69) is 10.1 Å². The third-order valence-corrected chi connectivity index (χ3v) is 1.62. The molecule has 72 valence electrons. The monoisotopic (exact) mass is 197 g/mol. The quantitative estimate of drug-likeness (QED) is 0.521. The summed E-state index contributed by atoms with van der Waals surface area (Å²) in [4.78, 5) is 10.6. The maximum absolute atomic E-state index is 10.6. The first-order valence-corrected chi connectivity index (χ1v) is 3.88. The van der Waals surface area contributed by atoms with Gasteiger partial charge in [-0.3, -0.25) is 0 Å². The van der Waals surface area contributed by atoms with E-state index in [-0.39, 0.29) is 12.5 Å². The second-order valence-electron chi connectivity index (χ2n) is 2.15. The average Bonchev–Trinajstić information content (AvgIpc) is 2.12. The van der Waals surface area contributed by atoms with Gasteiger partial charge in [0.15, 0.2) is 0 Å². The molecular weight excluding hydrogens is 186 g/mol. The predicted molar refractivity (Wildman–Crippen MR) is 43.1 cm³/mol. The van der Waals surface area contributed by atoms with Gasteiger partial charge in [0.05, 0.1) is 31.7 Å². The summed E-state index contributed by atoms with van der Waals surface area (Å²) in [7, 11) is 1.19. The zero-order chi connectivity index (χ0) is 9.56. The lowest BCUT2D eigenvalue weighted by molar-refractivity contribution is 0.0962. The summed E-state index contributed by atoms with van der Waals surface area (Å²) in [6, 6.07) is -0.782. The summed E-state index contributed by atoms with van der Waals surface area (Å²) in [5, 5.41) is 20.0. The number of hydrogen-bond acceptors (Lipinski definition) is 4. The van der Waals surface area contributed by atoms with Gasteiger partial charge in [-0.15, -0.1) is 11.6 Å². The number of aliphatic hydroxyl groups is 2. The molecule has 0 aliphatic heterocycles. The number of halogens is 1. The molecule has 5 nitrogen and oxygen atoms in total. The number of rotatable bonds is 4. The Morgan fingerprint density at radius 1 is 1.75 bits per heavy atom. The lowest BCUT2D eigenvalue weighted by Gasteiger charge is -2.19. The second kappa shape index (κ2) is 6.05.